The van der Waals surface area contributed by atoms with Crippen LogP contribution in [-0.4, -0.2) is 28.8 Å². The molecule has 4 rings (SSSR count). The number of fused-ring (bicyclic) bond motifs is 1. The molecule has 0 unspecified atom stereocenters. The van der Waals surface area contributed by atoms with Gasteiger partial charge in [0.2, 0.25) is 6.79 Å². The van der Waals surface area contributed by atoms with Gasteiger partial charge in [-0.3, -0.25) is 9.69 Å². The molecule has 1 atom stereocenters. The number of rotatable bonds is 4. The maximum Gasteiger partial charge on any atom is 0.266 e. The Morgan fingerprint density at radius 1 is 1.18 bits per heavy atom. The fraction of sp³-hybridized carbons (Fsp3) is 0.273. The maximum atomic E-state index is 13.1. The molecule has 0 bridgehead atoms. The van der Waals surface area contributed by atoms with Crippen molar-refractivity contribution in [3.8, 4) is 11.5 Å². The van der Waals surface area contributed by atoms with Gasteiger partial charge in [-0.05, 0) is 67.9 Å². The molecule has 0 aromatic heterocycles. The number of aryl methyl sites for hydroxylation is 1. The Balaban J connectivity index is 1.68. The highest BCUT2D eigenvalue weighted by Gasteiger charge is 2.36. The number of carbonyl (C=O) groups excluding carboxylic acids is 1. The van der Waals surface area contributed by atoms with E-state index in [9.17, 15) is 4.79 Å². The lowest BCUT2D eigenvalue weighted by Crippen LogP contribution is -2.36. The van der Waals surface area contributed by atoms with Gasteiger partial charge >= 0.3 is 0 Å². The van der Waals surface area contributed by atoms with E-state index in [1.807, 2.05) is 62.4 Å². The van der Waals surface area contributed by atoms with E-state index >= 15 is 0 Å². The van der Waals surface area contributed by atoms with Crippen molar-refractivity contribution < 1.29 is 14.3 Å². The van der Waals surface area contributed by atoms with Gasteiger partial charge in [0, 0.05) is 6.04 Å². The minimum Gasteiger partial charge on any atom is -0.454 e. The number of carbonyl (C=O) groups is 1. The highest BCUT2D eigenvalue weighted by atomic mass is 32.2. The highest BCUT2D eigenvalue weighted by molar-refractivity contribution is 8.18. The molecule has 2 aromatic rings. The first-order valence-corrected chi connectivity index (χ1v) is 10.1. The molecule has 0 aliphatic carbocycles. The number of benzene rings is 2. The van der Waals surface area contributed by atoms with Crippen molar-refractivity contribution in [3.05, 3.63) is 58.5 Å². The average Bonchev–Trinajstić information content (AvgIpc) is 3.27. The second kappa shape index (κ2) is 7.72. The lowest BCUT2D eigenvalue weighted by Gasteiger charge is -2.22. The van der Waals surface area contributed by atoms with Gasteiger partial charge < -0.3 is 9.47 Å². The normalized spacial score (nSPS) is 19.7. The molecular formula is C22H22N2O3S. The van der Waals surface area contributed by atoms with Crippen LogP contribution in [-0.2, 0) is 4.79 Å². The van der Waals surface area contributed by atoms with Crippen LogP contribution in [0.3, 0.4) is 0 Å². The molecule has 28 heavy (non-hydrogen) atoms. The smallest absolute Gasteiger partial charge is 0.266 e. The van der Waals surface area contributed by atoms with Crippen molar-refractivity contribution in [1.82, 2.24) is 4.90 Å². The van der Waals surface area contributed by atoms with Gasteiger partial charge in [0.05, 0.1) is 10.6 Å². The summed E-state index contributed by atoms with van der Waals surface area (Å²) in [5.41, 5.74) is 2.93. The Kier molecular flexibility index (Phi) is 5.13. The first kappa shape index (κ1) is 18.6. The second-order valence-corrected chi connectivity index (χ2v) is 7.89. The number of nitrogens with zero attached hydrogens (tertiary/aromatic N) is 2. The molecule has 2 aromatic carbocycles. The van der Waals surface area contributed by atoms with Crippen LogP contribution >= 0.6 is 11.8 Å². The van der Waals surface area contributed by atoms with Crippen molar-refractivity contribution in [3.63, 3.8) is 0 Å². The zero-order chi connectivity index (χ0) is 19.7. The lowest BCUT2D eigenvalue weighted by molar-refractivity contribution is -0.123. The zero-order valence-electron chi connectivity index (χ0n) is 16.1. The topological polar surface area (TPSA) is 51.1 Å². The number of amides is 1. The Morgan fingerprint density at radius 2 is 1.93 bits per heavy atom. The van der Waals surface area contributed by atoms with E-state index in [0.29, 0.717) is 10.7 Å². The number of aliphatic imine (C=N–C) groups is 1. The molecular weight excluding hydrogens is 372 g/mol. The zero-order valence-corrected chi connectivity index (χ0v) is 17.0. The van der Waals surface area contributed by atoms with Gasteiger partial charge in [0.25, 0.3) is 5.91 Å². The molecule has 144 valence electrons. The highest BCUT2D eigenvalue weighted by Crippen LogP contribution is 2.38. The molecule has 0 radical (unpaired) electrons. The van der Waals surface area contributed by atoms with E-state index in [-0.39, 0.29) is 18.7 Å². The molecule has 1 saturated heterocycles. The van der Waals surface area contributed by atoms with Crippen LogP contribution in [0.2, 0.25) is 0 Å². The first-order chi connectivity index (χ1) is 13.5. The first-order valence-electron chi connectivity index (χ1n) is 9.33. The molecule has 2 heterocycles. The van der Waals surface area contributed by atoms with E-state index in [2.05, 4.69) is 6.92 Å². The fourth-order valence-electron chi connectivity index (χ4n) is 3.02. The molecule has 0 N–H and O–H groups in total. The third kappa shape index (κ3) is 3.64. The molecule has 1 fully saturated rings. The Hall–Kier alpha value is -2.73. The number of ether oxygens (including phenoxy) is 2. The van der Waals surface area contributed by atoms with Crippen LogP contribution in [0.4, 0.5) is 5.69 Å². The van der Waals surface area contributed by atoms with Crippen molar-refractivity contribution in [2.75, 3.05) is 6.79 Å². The van der Waals surface area contributed by atoms with E-state index in [1.165, 1.54) is 17.3 Å². The van der Waals surface area contributed by atoms with Crippen molar-refractivity contribution in [2.45, 2.75) is 33.2 Å². The molecule has 0 spiro atoms. The second-order valence-electron chi connectivity index (χ2n) is 6.89. The monoisotopic (exact) mass is 394 g/mol. The van der Waals surface area contributed by atoms with Crippen LogP contribution in [0.1, 0.15) is 31.4 Å². The summed E-state index contributed by atoms with van der Waals surface area (Å²) in [6, 6.07) is 13.8. The minimum absolute atomic E-state index is 0.0112. The van der Waals surface area contributed by atoms with E-state index in [1.54, 1.807) is 4.90 Å². The Labute approximate surface area is 169 Å². The summed E-state index contributed by atoms with van der Waals surface area (Å²) in [5.74, 6) is 1.43. The molecule has 2 aliphatic rings. The molecule has 2 aliphatic heterocycles. The third-order valence-corrected chi connectivity index (χ3v) is 5.80. The maximum absolute atomic E-state index is 13.1. The largest absolute Gasteiger partial charge is 0.454 e. The number of amidine groups is 1. The van der Waals surface area contributed by atoms with Crippen LogP contribution in [0.15, 0.2) is 52.4 Å². The summed E-state index contributed by atoms with van der Waals surface area (Å²) in [6.07, 6.45) is 2.75. The van der Waals surface area contributed by atoms with Gasteiger partial charge in [0.1, 0.15) is 0 Å². The van der Waals surface area contributed by atoms with Gasteiger partial charge in [-0.2, -0.15) is 0 Å². The van der Waals surface area contributed by atoms with Crippen molar-refractivity contribution in [2.24, 2.45) is 4.99 Å². The Bertz CT molecular complexity index is 966. The number of hydrogen-bond donors (Lipinski definition) is 0. The number of thioether (sulfide) groups is 1. The van der Waals surface area contributed by atoms with Crippen LogP contribution in [0.25, 0.3) is 6.08 Å². The van der Waals surface area contributed by atoms with E-state index in [4.69, 9.17) is 14.5 Å². The quantitative estimate of drug-likeness (QED) is 0.675. The predicted octanol–water partition coefficient (Wildman–Crippen LogP) is 5.13. The van der Waals surface area contributed by atoms with Crippen LogP contribution < -0.4 is 9.47 Å². The van der Waals surface area contributed by atoms with Gasteiger partial charge in [-0.1, -0.05) is 30.7 Å². The molecule has 0 saturated carbocycles. The standard InChI is InChI=1S/C22H22N2O3S/c1-4-15(3)24-21(25)20(12-16-7-10-18-19(11-16)27-13-26-18)28-22(24)23-17-8-5-14(2)6-9-17/h5-12,15H,4,13H2,1-3H3/b20-12+,23-22?/t15-/m1/s1. The van der Waals surface area contributed by atoms with E-state index < -0.39 is 0 Å². The summed E-state index contributed by atoms with van der Waals surface area (Å²) in [5, 5.41) is 0.718. The summed E-state index contributed by atoms with van der Waals surface area (Å²) >= 11 is 1.41. The van der Waals surface area contributed by atoms with Crippen molar-refractivity contribution in [1.29, 1.82) is 0 Å². The Morgan fingerprint density at radius 3 is 2.68 bits per heavy atom. The van der Waals surface area contributed by atoms with Crippen molar-refractivity contribution >= 4 is 34.6 Å². The fourth-order valence-corrected chi connectivity index (χ4v) is 4.11. The van der Waals surface area contributed by atoms with Gasteiger partial charge in [-0.25, -0.2) is 4.99 Å². The van der Waals surface area contributed by atoms with Crippen LogP contribution in [0, 0.1) is 6.92 Å². The van der Waals surface area contributed by atoms with E-state index in [0.717, 1.165) is 28.6 Å². The number of hydrogen-bond acceptors (Lipinski definition) is 5. The predicted molar refractivity (Wildman–Crippen MR) is 113 cm³/mol. The average molecular weight is 394 g/mol. The summed E-state index contributed by atoms with van der Waals surface area (Å²) in [6.45, 7) is 6.40. The molecule has 5 nitrogen and oxygen atoms in total. The SMILES string of the molecule is CC[C@@H](C)N1C(=O)/C(=C\c2ccc3c(c2)OCO3)SC1=Nc1ccc(C)cc1. The van der Waals surface area contributed by atoms with Gasteiger partial charge in [-0.15, -0.1) is 0 Å². The summed E-state index contributed by atoms with van der Waals surface area (Å²) in [7, 11) is 0. The third-order valence-electron chi connectivity index (χ3n) is 4.82. The molecule has 6 heteroatoms. The lowest BCUT2D eigenvalue weighted by atomic mass is 10.1. The summed E-state index contributed by atoms with van der Waals surface area (Å²) in [4.78, 5) is 20.3. The summed E-state index contributed by atoms with van der Waals surface area (Å²) < 4.78 is 10.8. The van der Waals surface area contributed by atoms with Gasteiger partial charge in [0.15, 0.2) is 16.7 Å². The minimum atomic E-state index is -0.0112. The molecule has 1 amide bonds. The van der Waals surface area contributed by atoms with Crippen LogP contribution in [0.5, 0.6) is 11.5 Å².